The van der Waals surface area contributed by atoms with Crippen molar-refractivity contribution < 1.29 is 14.3 Å². The molecule has 0 amide bonds. The van der Waals surface area contributed by atoms with Crippen LogP contribution >= 0.6 is 0 Å². The number of ether oxygens (including phenoxy) is 2. The van der Waals surface area contributed by atoms with Crippen LogP contribution in [0, 0.1) is 0 Å². The fourth-order valence-electron chi connectivity index (χ4n) is 2.95. The van der Waals surface area contributed by atoms with E-state index in [1.54, 1.807) is 16.7 Å². The van der Waals surface area contributed by atoms with Crippen molar-refractivity contribution in [1.29, 1.82) is 0 Å². The summed E-state index contributed by atoms with van der Waals surface area (Å²) in [6, 6.07) is 5.33. The van der Waals surface area contributed by atoms with E-state index < -0.39 is 0 Å². The molecule has 26 heavy (non-hydrogen) atoms. The molecule has 0 aliphatic rings. The van der Waals surface area contributed by atoms with Crippen LogP contribution in [-0.4, -0.2) is 17.6 Å². The summed E-state index contributed by atoms with van der Waals surface area (Å²) >= 11 is 0. The van der Waals surface area contributed by atoms with Gasteiger partial charge in [-0.2, -0.15) is 0 Å². The van der Waals surface area contributed by atoms with Gasteiger partial charge in [-0.15, -0.1) is 0 Å². The molecule has 0 radical (unpaired) electrons. The zero-order chi connectivity index (χ0) is 18.9. The van der Waals surface area contributed by atoms with Gasteiger partial charge in [-0.1, -0.05) is 39.5 Å². The van der Waals surface area contributed by atoms with Gasteiger partial charge in [-0.25, -0.2) is 0 Å². The predicted molar refractivity (Wildman–Crippen MR) is 104 cm³/mol. The Bertz CT molecular complexity index is 798. The number of hydrogen-bond acceptors (Lipinski definition) is 5. The fraction of sp³-hybridized carbons (Fsp3) is 0.500. The highest BCUT2D eigenvalue weighted by Gasteiger charge is 2.20. The largest absolute Gasteiger partial charge is 0.489 e. The minimum atomic E-state index is -0.368. The first-order valence-corrected chi connectivity index (χ1v) is 9.33. The lowest BCUT2D eigenvalue weighted by Gasteiger charge is -2.17. The second-order valence-electron chi connectivity index (χ2n) is 6.37. The molecule has 6 nitrogen and oxygen atoms in total. The summed E-state index contributed by atoms with van der Waals surface area (Å²) in [6.45, 7) is 5.46. The van der Waals surface area contributed by atoms with Crippen molar-refractivity contribution in [1.82, 2.24) is 4.57 Å². The number of nitrogens with two attached hydrogens (primary N) is 1. The number of aryl methyl sites for hydroxylation is 1. The summed E-state index contributed by atoms with van der Waals surface area (Å²) in [7, 11) is 0. The number of benzene rings is 1. The third kappa shape index (κ3) is 4.56. The molecule has 0 spiro atoms. The van der Waals surface area contributed by atoms with Gasteiger partial charge in [0.15, 0.2) is 5.75 Å². The summed E-state index contributed by atoms with van der Waals surface area (Å²) in [5.41, 5.74) is 6.83. The van der Waals surface area contributed by atoms with Gasteiger partial charge in [-0.3, -0.25) is 9.59 Å². The van der Waals surface area contributed by atoms with E-state index in [0.29, 0.717) is 30.1 Å². The van der Waals surface area contributed by atoms with Gasteiger partial charge in [0, 0.05) is 17.6 Å². The van der Waals surface area contributed by atoms with E-state index in [-0.39, 0.29) is 17.8 Å². The number of nitrogen functional groups attached to an aromatic ring is 1. The van der Waals surface area contributed by atoms with Crippen LogP contribution in [0.4, 0.5) is 5.69 Å². The van der Waals surface area contributed by atoms with Crippen molar-refractivity contribution >= 4 is 23.1 Å². The maximum absolute atomic E-state index is 12.9. The van der Waals surface area contributed by atoms with Crippen LogP contribution in [0.15, 0.2) is 23.0 Å². The van der Waals surface area contributed by atoms with Gasteiger partial charge in [-0.05, 0) is 31.0 Å². The Morgan fingerprint density at radius 1 is 1.08 bits per heavy atom. The zero-order valence-corrected chi connectivity index (χ0v) is 15.6. The molecule has 2 rings (SSSR count). The average molecular weight is 360 g/mol. The van der Waals surface area contributed by atoms with Crippen LogP contribution in [0.25, 0.3) is 10.9 Å². The molecule has 0 atom stereocenters. The number of nitrogens with zero attached hydrogens (tertiary/aromatic N) is 1. The minimum absolute atomic E-state index is 0.0520. The lowest BCUT2D eigenvalue weighted by atomic mass is 10.1. The van der Waals surface area contributed by atoms with Gasteiger partial charge < -0.3 is 19.8 Å². The molecule has 0 aliphatic carbocycles. The normalized spacial score (nSPS) is 10.8. The molecular formula is C20H28N2O4. The second-order valence-corrected chi connectivity index (χ2v) is 6.37. The standard InChI is InChI=1S/C20H28N2O4/c1-3-5-7-8-12-25-18-16-10-9-15(21)13-17(16)22(11-6-4-2)20(24)19(18)26-14-23/h9-10,13-14H,3-8,11-12,21H2,1-2H3. The quantitative estimate of drug-likeness (QED) is 0.373. The lowest BCUT2D eigenvalue weighted by Crippen LogP contribution is -2.24. The van der Waals surface area contributed by atoms with Gasteiger partial charge >= 0.3 is 0 Å². The van der Waals surface area contributed by atoms with Crippen molar-refractivity contribution in [3.05, 3.63) is 28.6 Å². The van der Waals surface area contributed by atoms with Gasteiger partial charge in [0.05, 0.1) is 12.1 Å². The number of unbranched alkanes of at least 4 members (excludes halogenated alkanes) is 4. The topological polar surface area (TPSA) is 83.5 Å². The third-order valence-electron chi connectivity index (χ3n) is 4.35. The van der Waals surface area contributed by atoms with Crippen LogP contribution in [0.1, 0.15) is 52.4 Å². The first-order valence-electron chi connectivity index (χ1n) is 9.33. The van der Waals surface area contributed by atoms with E-state index in [2.05, 4.69) is 13.8 Å². The number of rotatable bonds is 11. The molecule has 0 bridgehead atoms. The Morgan fingerprint density at radius 2 is 1.85 bits per heavy atom. The molecule has 0 aliphatic heterocycles. The highest BCUT2D eigenvalue weighted by molar-refractivity contribution is 5.90. The van der Waals surface area contributed by atoms with Crippen LogP contribution in [0.3, 0.4) is 0 Å². The van der Waals surface area contributed by atoms with Crippen LogP contribution < -0.4 is 20.8 Å². The van der Waals surface area contributed by atoms with E-state index in [1.165, 1.54) is 0 Å². The molecule has 2 aromatic rings. The zero-order valence-electron chi connectivity index (χ0n) is 15.6. The maximum atomic E-state index is 12.9. The van der Waals surface area contributed by atoms with Gasteiger partial charge in [0.25, 0.3) is 12.0 Å². The lowest BCUT2D eigenvalue weighted by molar-refractivity contribution is -0.120. The first-order chi connectivity index (χ1) is 12.6. The smallest absolute Gasteiger partial charge is 0.298 e. The first kappa shape index (κ1) is 19.8. The van der Waals surface area contributed by atoms with Crippen LogP contribution in [-0.2, 0) is 11.3 Å². The molecule has 0 saturated heterocycles. The summed E-state index contributed by atoms with van der Waals surface area (Å²) in [5, 5.41) is 0.724. The molecule has 2 N–H and O–H groups in total. The molecule has 0 saturated carbocycles. The van der Waals surface area contributed by atoms with Crippen molar-refractivity contribution in [2.75, 3.05) is 12.3 Å². The highest BCUT2D eigenvalue weighted by Crippen LogP contribution is 2.34. The minimum Gasteiger partial charge on any atom is -0.489 e. The molecule has 142 valence electrons. The van der Waals surface area contributed by atoms with Crippen LogP contribution in [0.5, 0.6) is 11.5 Å². The summed E-state index contributed by atoms with van der Waals surface area (Å²) in [6.07, 6.45) is 5.98. The number of anilines is 1. The average Bonchev–Trinajstić information content (AvgIpc) is 2.63. The number of hydrogen-bond donors (Lipinski definition) is 1. The van der Waals surface area contributed by atoms with E-state index in [1.807, 2.05) is 6.07 Å². The molecule has 1 aromatic heterocycles. The van der Waals surface area contributed by atoms with Crippen molar-refractivity contribution in [2.24, 2.45) is 0 Å². The maximum Gasteiger partial charge on any atom is 0.298 e. The number of carbonyl (C=O) groups is 1. The molecule has 1 aromatic carbocycles. The second kappa shape index (κ2) is 9.85. The highest BCUT2D eigenvalue weighted by atomic mass is 16.5. The monoisotopic (exact) mass is 360 g/mol. The molecule has 6 heteroatoms. The fourth-order valence-corrected chi connectivity index (χ4v) is 2.95. The number of carbonyl (C=O) groups excluding carboxylic acids is 1. The van der Waals surface area contributed by atoms with Gasteiger partial charge in [0.1, 0.15) is 0 Å². The Morgan fingerprint density at radius 3 is 2.54 bits per heavy atom. The molecule has 0 unspecified atom stereocenters. The van der Waals surface area contributed by atoms with E-state index in [0.717, 1.165) is 43.9 Å². The SMILES string of the molecule is CCCCCCOc1c(OC=O)c(=O)n(CCCC)c2cc(N)ccc12. The Labute approximate surface area is 153 Å². The summed E-state index contributed by atoms with van der Waals surface area (Å²) in [5.74, 6) is 0.269. The van der Waals surface area contributed by atoms with Crippen molar-refractivity contribution in [3.8, 4) is 11.5 Å². The Kier molecular flexibility index (Phi) is 7.51. The number of aromatic nitrogens is 1. The van der Waals surface area contributed by atoms with Gasteiger partial charge in [0.2, 0.25) is 5.75 Å². The number of fused-ring (bicyclic) bond motifs is 1. The molecular weight excluding hydrogens is 332 g/mol. The summed E-state index contributed by atoms with van der Waals surface area (Å²) in [4.78, 5) is 23.9. The Balaban J connectivity index is 2.51. The summed E-state index contributed by atoms with van der Waals surface area (Å²) < 4.78 is 12.5. The third-order valence-corrected chi connectivity index (χ3v) is 4.35. The van der Waals surface area contributed by atoms with E-state index in [9.17, 15) is 9.59 Å². The van der Waals surface area contributed by atoms with E-state index in [4.69, 9.17) is 15.2 Å². The molecule has 0 fully saturated rings. The van der Waals surface area contributed by atoms with E-state index >= 15 is 0 Å². The predicted octanol–water partition coefficient (Wildman–Crippen LogP) is 3.88. The number of pyridine rings is 1. The van der Waals surface area contributed by atoms with Crippen molar-refractivity contribution in [3.63, 3.8) is 0 Å². The molecule has 1 heterocycles. The Hall–Kier alpha value is -2.50. The van der Waals surface area contributed by atoms with Crippen LogP contribution in [0.2, 0.25) is 0 Å². The van der Waals surface area contributed by atoms with Crippen molar-refractivity contribution in [2.45, 2.75) is 58.9 Å².